The van der Waals surface area contributed by atoms with Crippen molar-refractivity contribution >= 4 is 29.0 Å². The van der Waals surface area contributed by atoms with Crippen molar-refractivity contribution in [3.8, 4) is 5.75 Å². The molecule has 0 aromatic heterocycles. The first-order chi connectivity index (χ1) is 13.5. The number of hydrogen-bond donors (Lipinski definition) is 2. The van der Waals surface area contributed by atoms with E-state index in [4.69, 9.17) is 5.11 Å². The molecule has 1 saturated heterocycles. The van der Waals surface area contributed by atoms with E-state index in [1.165, 1.54) is 0 Å². The van der Waals surface area contributed by atoms with Crippen LogP contribution in [0.25, 0.3) is 6.08 Å². The second kappa shape index (κ2) is 9.54. The fourth-order valence-corrected chi connectivity index (χ4v) is 3.40. The molecule has 0 aliphatic carbocycles. The summed E-state index contributed by atoms with van der Waals surface area (Å²) in [5, 5.41) is 23.1. The van der Waals surface area contributed by atoms with Crippen molar-refractivity contribution in [1.82, 2.24) is 5.32 Å². The van der Waals surface area contributed by atoms with Gasteiger partial charge in [-0.3, -0.25) is 14.9 Å². The van der Waals surface area contributed by atoms with Gasteiger partial charge >= 0.3 is 0 Å². The number of aliphatic hydroxyl groups excluding tert-OH is 1. The van der Waals surface area contributed by atoms with E-state index in [1.54, 1.807) is 6.08 Å². The number of quaternary nitrogens is 1. The Labute approximate surface area is 185 Å². The summed E-state index contributed by atoms with van der Waals surface area (Å²) in [4.78, 5) is 23.4. The Morgan fingerprint density at radius 2 is 1.50 bits per heavy atom. The van der Waals surface area contributed by atoms with Crippen LogP contribution in [0.5, 0.6) is 5.75 Å². The molecule has 1 heterocycles. The minimum absolute atomic E-state index is 0.0479. The Kier molecular flexibility index (Phi) is 8.33. The summed E-state index contributed by atoms with van der Waals surface area (Å²) in [6.45, 7) is 13.1. The number of carbonyl (C=O) groups is 2. The summed E-state index contributed by atoms with van der Waals surface area (Å²) >= 11 is 0.883. The van der Waals surface area contributed by atoms with Crippen LogP contribution in [-0.2, 0) is 15.6 Å². The number of benzene rings is 1. The van der Waals surface area contributed by atoms with Gasteiger partial charge in [0.05, 0.1) is 32.7 Å². The van der Waals surface area contributed by atoms with Crippen LogP contribution in [0.15, 0.2) is 17.0 Å². The van der Waals surface area contributed by atoms with Crippen molar-refractivity contribution in [3.05, 3.63) is 33.7 Å². The molecule has 0 unspecified atom stereocenters. The normalized spacial score (nSPS) is 16.4. The Morgan fingerprint density at radius 1 is 1.03 bits per heavy atom. The Bertz CT molecular complexity index is 790. The maximum Gasteiger partial charge on any atom is 0.290 e. The molecule has 0 radical (unpaired) electrons. The van der Waals surface area contributed by atoms with Gasteiger partial charge in [0, 0.05) is 0 Å². The van der Waals surface area contributed by atoms with E-state index < -0.39 is 0 Å². The smallest absolute Gasteiger partial charge is 0.290 e. The number of likely N-dealkylation sites (N-methyl/N-ethyl adjacent to an activating group) is 1. The van der Waals surface area contributed by atoms with Crippen LogP contribution in [0.4, 0.5) is 4.79 Å². The van der Waals surface area contributed by atoms with E-state index in [1.807, 2.05) is 53.7 Å². The molecule has 1 aromatic carbocycles. The number of hydrogen-bond acceptors (Lipinski definition) is 5. The maximum atomic E-state index is 12.8. The molecule has 1 fully saturated rings. The third kappa shape index (κ3) is 7.78. The molecule has 0 bridgehead atoms. The second-order valence-corrected chi connectivity index (χ2v) is 11.5. The van der Waals surface area contributed by atoms with Crippen LogP contribution in [0.3, 0.4) is 0 Å². The highest BCUT2D eigenvalue weighted by Gasteiger charge is 2.26. The highest BCUT2D eigenvalue weighted by atomic mass is 32.2. The third-order valence-electron chi connectivity index (χ3n) is 4.44. The molecule has 1 aliphatic heterocycles. The molecule has 168 valence electrons. The second-order valence-electron chi connectivity index (χ2n) is 10.5. The summed E-state index contributed by atoms with van der Waals surface area (Å²) in [6.07, 6.45) is 1.68. The number of thioether (sulfide) groups is 1. The highest BCUT2D eigenvalue weighted by molar-refractivity contribution is 8.18. The van der Waals surface area contributed by atoms with Gasteiger partial charge in [0.15, 0.2) is 0 Å². The van der Waals surface area contributed by atoms with Gasteiger partial charge < -0.3 is 14.7 Å². The van der Waals surface area contributed by atoms with Crippen LogP contribution in [0, 0.1) is 0 Å². The fourth-order valence-electron chi connectivity index (χ4n) is 2.72. The molecule has 2 rings (SSSR count). The van der Waals surface area contributed by atoms with E-state index in [0.29, 0.717) is 16.0 Å². The van der Waals surface area contributed by atoms with Crippen molar-refractivity contribution in [2.75, 3.05) is 34.3 Å². The Balaban J connectivity index is 0.000000553. The molecule has 7 heteroatoms. The monoisotopic (exact) mass is 436 g/mol. The van der Waals surface area contributed by atoms with Crippen molar-refractivity contribution in [2.45, 2.75) is 52.4 Å². The Morgan fingerprint density at radius 3 is 1.77 bits per heavy atom. The zero-order valence-electron chi connectivity index (χ0n) is 19.7. The van der Waals surface area contributed by atoms with Crippen molar-refractivity contribution < 1.29 is 24.3 Å². The lowest BCUT2D eigenvalue weighted by molar-refractivity contribution is -0.870. The van der Waals surface area contributed by atoms with Gasteiger partial charge in [-0.15, -0.1) is 5.75 Å². The van der Waals surface area contributed by atoms with Crippen molar-refractivity contribution in [3.63, 3.8) is 0 Å². The van der Waals surface area contributed by atoms with Gasteiger partial charge in [0.25, 0.3) is 11.1 Å². The molecule has 0 atom stereocenters. The molecule has 6 nitrogen and oxygen atoms in total. The van der Waals surface area contributed by atoms with Gasteiger partial charge in [-0.25, -0.2) is 0 Å². The Hall–Kier alpha value is -1.83. The topological polar surface area (TPSA) is 89.5 Å². The molecule has 0 spiro atoms. The fraction of sp³-hybridized carbons (Fsp3) is 0.565. The molecule has 1 aromatic rings. The predicted molar refractivity (Wildman–Crippen MR) is 122 cm³/mol. The van der Waals surface area contributed by atoms with Gasteiger partial charge in [-0.05, 0) is 45.4 Å². The summed E-state index contributed by atoms with van der Waals surface area (Å²) in [6, 6.07) is 3.64. The van der Waals surface area contributed by atoms with Crippen LogP contribution in [-0.4, -0.2) is 55.0 Å². The molecule has 2 amide bonds. The lowest BCUT2D eigenvalue weighted by atomic mass is 9.78. The first-order valence-electron chi connectivity index (χ1n) is 9.98. The summed E-state index contributed by atoms with van der Waals surface area (Å²) in [7, 11) is 6.16. The quantitative estimate of drug-likeness (QED) is 0.560. The standard InChI is InChI=1S/C18H23NO3S.C5H14NO/c1-17(2,3)11-7-10(8-12(14(11)20)18(4,5)6)9-13-15(21)19-16(22)23-13;1-6(2,3)4-5-7/h7-9,20H,1-6H3,(H,19,21,22);7H,4-5H2,1-3H3/q;+1/p-1/b13-9-;. The summed E-state index contributed by atoms with van der Waals surface area (Å²) in [5.74, 6) is -0.340. The van der Waals surface area contributed by atoms with E-state index >= 15 is 0 Å². The number of carbonyl (C=O) groups excluding carboxylic acids is 2. The van der Waals surface area contributed by atoms with E-state index in [2.05, 4.69) is 26.5 Å². The lowest BCUT2D eigenvalue weighted by Crippen LogP contribution is -2.36. The minimum atomic E-state index is -0.388. The minimum Gasteiger partial charge on any atom is -0.872 e. The number of rotatable bonds is 3. The number of nitrogens with one attached hydrogen (secondary N) is 1. The summed E-state index contributed by atoms with van der Waals surface area (Å²) < 4.78 is 0.844. The number of aliphatic hydroxyl groups is 1. The summed E-state index contributed by atoms with van der Waals surface area (Å²) in [5.41, 5.74) is 1.60. The molecular weight excluding hydrogens is 400 g/mol. The average Bonchev–Trinajstić information content (AvgIpc) is 2.83. The number of amides is 2. The molecule has 1 aliphatic rings. The molecular formula is C23H36N2O4S. The SMILES string of the molecule is CC(C)(C)c1cc(/C=C2\SC(=O)NC2=O)cc(C(C)(C)C)c1[O-].C[N+](C)(C)CCO. The number of nitrogens with zero attached hydrogens (tertiary/aromatic N) is 1. The maximum absolute atomic E-state index is 12.8. The molecule has 2 N–H and O–H groups in total. The van der Waals surface area contributed by atoms with Crippen LogP contribution in [0.2, 0.25) is 0 Å². The predicted octanol–water partition coefficient (Wildman–Crippen LogP) is 3.36. The van der Waals surface area contributed by atoms with Gasteiger partial charge in [-0.1, -0.05) is 53.7 Å². The lowest BCUT2D eigenvalue weighted by Gasteiger charge is -2.33. The third-order valence-corrected chi connectivity index (χ3v) is 5.25. The first kappa shape index (κ1) is 26.2. The van der Waals surface area contributed by atoms with Crippen molar-refractivity contribution in [1.29, 1.82) is 0 Å². The van der Waals surface area contributed by atoms with Crippen LogP contribution >= 0.6 is 11.8 Å². The van der Waals surface area contributed by atoms with Gasteiger partial charge in [0.2, 0.25) is 0 Å². The average molecular weight is 437 g/mol. The van der Waals surface area contributed by atoms with E-state index in [0.717, 1.165) is 28.4 Å². The van der Waals surface area contributed by atoms with Crippen LogP contribution < -0.4 is 10.4 Å². The van der Waals surface area contributed by atoms with E-state index in [-0.39, 0.29) is 34.3 Å². The van der Waals surface area contributed by atoms with Crippen LogP contribution in [0.1, 0.15) is 58.2 Å². The van der Waals surface area contributed by atoms with Gasteiger partial charge in [0.1, 0.15) is 6.54 Å². The van der Waals surface area contributed by atoms with Crippen molar-refractivity contribution in [2.24, 2.45) is 0 Å². The molecule has 30 heavy (non-hydrogen) atoms. The largest absolute Gasteiger partial charge is 0.872 e. The zero-order valence-corrected chi connectivity index (χ0v) is 20.5. The van der Waals surface area contributed by atoms with Gasteiger partial charge in [-0.2, -0.15) is 0 Å². The number of imide groups is 1. The first-order valence-corrected chi connectivity index (χ1v) is 10.8. The zero-order chi connectivity index (χ0) is 23.5. The molecule has 0 saturated carbocycles. The van der Waals surface area contributed by atoms with E-state index in [9.17, 15) is 14.7 Å². The highest BCUT2D eigenvalue weighted by Crippen LogP contribution is 2.39.